The lowest BCUT2D eigenvalue weighted by Crippen LogP contribution is -2.03. The molecule has 122 valence electrons. The van der Waals surface area contributed by atoms with E-state index in [0.717, 1.165) is 18.3 Å². The molecular formula is C15H33O4P. The van der Waals surface area contributed by atoms with Gasteiger partial charge in [-0.25, -0.2) is 4.57 Å². The van der Waals surface area contributed by atoms with Gasteiger partial charge in [0, 0.05) is 0 Å². The second-order valence-corrected chi connectivity index (χ2v) is 7.82. The Labute approximate surface area is 124 Å². The summed E-state index contributed by atoms with van der Waals surface area (Å²) in [4.78, 5) is 17.2. The fourth-order valence-electron chi connectivity index (χ4n) is 2.35. The fraction of sp³-hybridized carbons (Fsp3) is 1.00. The average Bonchev–Trinajstić information content (AvgIpc) is 2.26. The van der Waals surface area contributed by atoms with Gasteiger partial charge in [0.25, 0.3) is 0 Å². The van der Waals surface area contributed by atoms with E-state index in [1.165, 1.54) is 32.1 Å². The van der Waals surface area contributed by atoms with Crippen molar-refractivity contribution >= 4 is 7.82 Å². The monoisotopic (exact) mass is 308 g/mol. The van der Waals surface area contributed by atoms with Crippen LogP contribution in [0.25, 0.3) is 0 Å². The van der Waals surface area contributed by atoms with Crippen molar-refractivity contribution in [3.63, 3.8) is 0 Å². The van der Waals surface area contributed by atoms with Gasteiger partial charge in [0.1, 0.15) is 0 Å². The van der Waals surface area contributed by atoms with Crippen LogP contribution < -0.4 is 0 Å². The molecule has 0 saturated carbocycles. The molecule has 0 aliphatic carbocycles. The molecule has 2 N–H and O–H groups in total. The summed E-state index contributed by atoms with van der Waals surface area (Å²) in [6.45, 7) is 9.13. The molecule has 0 saturated heterocycles. The van der Waals surface area contributed by atoms with Crippen LogP contribution in [0.5, 0.6) is 0 Å². The van der Waals surface area contributed by atoms with Crippen LogP contribution in [0.15, 0.2) is 0 Å². The van der Waals surface area contributed by atoms with E-state index in [0.29, 0.717) is 12.3 Å². The molecule has 0 spiro atoms. The Morgan fingerprint density at radius 2 is 1.30 bits per heavy atom. The van der Waals surface area contributed by atoms with Crippen molar-refractivity contribution in [2.24, 2.45) is 17.8 Å². The third-order valence-corrected chi connectivity index (χ3v) is 4.26. The van der Waals surface area contributed by atoms with Gasteiger partial charge in [-0.3, -0.25) is 4.52 Å². The molecule has 0 aromatic rings. The van der Waals surface area contributed by atoms with Crippen LogP contribution in [0.1, 0.15) is 72.6 Å². The SMILES string of the molecule is CC(C)CCCC(C)CCCC(C)CCOP(=O)(O)O. The smallest absolute Gasteiger partial charge is 0.303 e. The molecular weight excluding hydrogens is 275 g/mol. The molecule has 0 radical (unpaired) electrons. The Hall–Kier alpha value is 0.110. The number of hydrogen-bond acceptors (Lipinski definition) is 2. The molecule has 2 atom stereocenters. The first-order valence-electron chi connectivity index (χ1n) is 7.90. The zero-order chi connectivity index (χ0) is 15.6. The maximum absolute atomic E-state index is 10.5. The van der Waals surface area contributed by atoms with Crippen LogP contribution >= 0.6 is 7.82 Å². The molecule has 0 fully saturated rings. The lowest BCUT2D eigenvalue weighted by molar-refractivity contribution is 0.184. The minimum Gasteiger partial charge on any atom is -0.303 e. The van der Waals surface area contributed by atoms with Crippen LogP contribution in [0.2, 0.25) is 0 Å². The van der Waals surface area contributed by atoms with Gasteiger partial charge < -0.3 is 9.79 Å². The summed E-state index contributed by atoms with van der Waals surface area (Å²) >= 11 is 0. The molecule has 0 amide bonds. The molecule has 5 heteroatoms. The van der Waals surface area contributed by atoms with Crippen molar-refractivity contribution in [3.8, 4) is 0 Å². The van der Waals surface area contributed by atoms with Crippen LogP contribution in [0, 0.1) is 17.8 Å². The number of hydrogen-bond donors (Lipinski definition) is 2. The van der Waals surface area contributed by atoms with Crippen LogP contribution in [-0.2, 0) is 9.09 Å². The Morgan fingerprint density at radius 3 is 1.75 bits per heavy atom. The van der Waals surface area contributed by atoms with E-state index in [4.69, 9.17) is 9.79 Å². The summed E-state index contributed by atoms with van der Waals surface area (Å²) in [5, 5.41) is 0. The first-order valence-corrected chi connectivity index (χ1v) is 9.43. The third-order valence-electron chi connectivity index (χ3n) is 3.74. The number of rotatable bonds is 12. The predicted octanol–water partition coefficient (Wildman–Crippen LogP) is 4.75. The van der Waals surface area contributed by atoms with Crippen molar-refractivity contribution in [1.82, 2.24) is 0 Å². The predicted molar refractivity (Wildman–Crippen MR) is 83.5 cm³/mol. The van der Waals surface area contributed by atoms with Crippen LogP contribution in [0.4, 0.5) is 0 Å². The van der Waals surface area contributed by atoms with Gasteiger partial charge in [-0.2, -0.15) is 0 Å². The van der Waals surface area contributed by atoms with Crippen molar-refractivity contribution < 1.29 is 18.9 Å². The van der Waals surface area contributed by atoms with Gasteiger partial charge in [-0.1, -0.05) is 66.2 Å². The van der Waals surface area contributed by atoms with Gasteiger partial charge in [0.05, 0.1) is 6.61 Å². The van der Waals surface area contributed by atoms with Gasteiger partial charge in [0.2, 0.25) is 0 Å². The van der Waals surface area contributed by atoms with Crippen LogP contribution in [-0.4, -0.2) is 16.4 Å². The minimum atomic E-state index is -4.28. The lowest BCUT2D eigenvalue weighted by atomic mass is 9.93. The zero-order valence-corrected chi connectivity index (χ0v) is 14.4. The molecule has 2 unspecified atom stereocenters. The van der Waals surface area contributed by atoms with E-state index >= 15 is 0 Å². The summed E-state index contributed by atoms with van der Waals surface area (Å²) in [6, 6.07) is 0. The average molecular weight is 308 g/mol. The van der Waals surface area contributed by atoms with E-state index < -0.39 is 7.82 Å². The normalized spacial score (nSPS) is 15.6. The minimum absolute atomic E-state index is 0.148. The van der Waals surface area contributed by atoms with Gasteiger partial charge in [-0.15, -0.1) is 0 Å². The first-order chi connectivity index (χ1) is 9.20. The molecule has 20 heavy (non-hydrogen) atoms. The summed E-state index contributed by atoms with van der Waals surface area (Å²) in [7, 11) is -4.28. The summed E-state index contributed by atoms with van der Waals surface area (Å²) < 4.78 is 15.0. The summed E-state index contributed by atoms with van der Waals surface area (Å²) in [5.41, 5.74) is 0. The maximum Gasteiger partial charge on any atom is 0.469 e. The Bertz CT molecular complexity index is 275. The molecule has 0 rings (SSSR count). The van der Waals surface area contributed by atoms with E-state index in [9.17, 15) is 4.57 Å². The van der Waals surface area contributed by atoms with Crippen LogP contribution in [0.3, 0.4) is 0 Å². The fourth-order valence-corrected chi connectivity index (χ4v) is 2.69. The summed E-state index contributed by atoms with van der Waals surface area (Å²) in [5.74, 6) is 2.05. The lowest BCUT2D eigenvalue weighted by Gasteiger charge is -2.15. The third kappa shape index (κ3) is 14.5. The molecule has 0 aliphatic heterocycles. The van der Waals surface area contributed by atoms with Crippen molar-refractivity contribution in [3.05, 3.63) is 0 Å². The highest BCUT2D eigenvalue weighted by Crippen LogP contribution is 2.36. The molecule has 0 aromatic carbocycles. The Balaban J connectivity index is 3.50. The highest BCUT2D eigenvalue weighted by molar-refractivity contribution is 7.46. The molecule has 0 aromatic heterocycles. The Kier molecular flexibility index (Phi) is 10.8. The van der Waals surface area contributed by atoms with E-state index in [1.54, 1.807) is 0 Å². The number of phosphoric acid groups is 1. The van der Waals surface area contributed by atoms with Gasteiger partial charge in [-0.05, 0) is 24.2 Å². The Morgan fingerprint density at radius 1 is 0.850 bits per heavy atom. The maximum atomic E-state index is 10.5. The van der Waals surface area contributed by atoms with Gasteiger partial charge >= 0.3 is 7.82 Å². The van der Waals surface area contributed by atoms with Gasteiger partial charge in [0.15, 0.2) is 0 Å². The molecule has 0 heterocycles. The van der Waals surface area contributed by atoms with Crippen molar-refractivity contribution in [2.45, 2.75) is 72.6 Å². The van der Waals surface area contributed by atoms with E-state index in [2.05, 4.69) is 32.2 Å². The van der Waals surface area contributed by atoms with E-state index in [-0.39, 0.29) is 6.61 Å². The largest absolute Gasteiger partial charge is 0.469 e. The second-order valence-electron chi connectivity index (χ2n) is 6.58. The second kappa shape index (κ2) is 10.8. The van der Waals surface area contributed by atoms with E-state index in [1.807, 2.05) is 0 Å². The molecule has 0 bridgehead atoms. The first kappa shape index (κ1) is 20.1. The highest BCUT2D eigenvalue weighted by Gasteiger charge is 2.14. The quantitative estimate of drug-likeness (QED) is 0.510. The highest BCUT2D eigenvalue weighted by atomic mass is 31.2. The number of phosphoric ester groups is 1. The standard InChI is InChI=1S/C15H33O4P/c1-13(2)7-5-8-14(3)9-6-10-15(4)11-12-19-20(16,17)18/h13-15H,5-12H2,1-4H3,(H2,16,17,18). The van der Waals surface area contributed by atoms with Crippen molar-refractivity contribution in [2.75, 3.05) is 6.61 Å². The summed E-state index contributed by atoms with van der Waals surface area (Å²) in [6.07, 6.45) is 8.23. The van der Waals surface area contributed by atoms with Crippen molar-refractivity contribution in [1.29, 1.82) is 0 Å². The topological polar surface area (TPSA) is 66.8 Å². The molecule has 0 aliphatic rings. The zero-order valence-electron chi connectivity index (χ0n) is 13.5. The molecule has 4 nitrogen and oxygen atoms in total.